The number of rotatable bonds is 4. The summed E-state index contributed by atoms with van der Waals surface area (Å²) >= 11 is 6.17. The number of piperidine rings is 1. The van der Waals surface area contributed by atoms with E-state index in [1.807, 2.05) is 17.0 Å². The molecular weight excluding hydrogens is 414 g/mol. The molecule has 3 saturated heterocycles. The predicted molar refractivity (Wildman–Crippen MR) is 110 cm³/mol. The lowest BCUT2D eigenvalue weighted by molar-refractivity contribution is -0.113. The molecule has 0 aromatic carbocycles. The van der Waals surface area contributed by atoms with Gasteiger partial charge in [-0.15, -0.1) is 0 Å². The van der Waals surface area contributed by atoms with Gasteiger partial charge < -0.3 is 14.5 Å². The Hall–Kier alpha value is -2.22. The third-order valence-electron chi connectivity index (χ3n) is 6.40. The van der Waals surface area contributed by atoms with Gasteiger partial charge >= 0.3 is 0 Å². The minimum atomic E-state index is -2.57. The van der Waals surface area contributed by atoms with Gasteiger partial charge in [-0.3, -0.25) is 9.79 Å². The number of alkyl halides is 2. The Balaban J connectivity index is 1.27. The van der Waals surface area contributed by atoms with Crippen molar-refractivity contribution in [1.29, 1.82) is 0 Å². The van der Waals surface area contributed by atoms with E-state index in [-0.39, 0.29) is 48.4 Å². The number of carbonyl (C=O) groups excluding carboxylic acids is 1. The maximum atomic E-state index is 13.9. The Bertz CT molecular complexity index is 906. The molecule has 3 fully saturated rings. The van der Waals surface area contributed by atoms with Crippen LogP contribution in [0, 0.1) is 0 Å². The number of carbonyl (C=O) groups is 1. The zero-order valence-electron chi connectivity index (χ0n) is 16.4. The first kappa shape index (κ1) is 19.7. The fourth-order valence-corrected chi connectivity index (χ4v) is 5.33. The number of Topliss-reactive ketones (excluding diaryl/α,β-unsaturated/α-hetero) is 1. The van der Waals surface area contributed by atoms with Gasteiger partial charge in [0.1, 0.15) is 17.7 Å². The number of anilines is 1. The minimum absolute atomic E-state index is 0.0876. The van der Waals surface area contributed by atoms with Gasteiger partial charge in [-0.2, -0.15) is 0 Å². The van der Waals surface area contributed by atoms with Crippen molar-refractivity contribution >= 4 is 29.3 Å². The van der Waals surface area contributed by atoms with Gasteiger partial charge in [0.05, 0.1) is 12.2 Å². The fraction of sp³-hybridized carbons (Fsp3) is 0.571. The zero-order valence-corrected chi connectivity index (χ0v) is 17.2. The lowest BCUT2D eigenvalue weighted by atomic mass is 9.98. The van der Waals surface area contributed by atoms with Crippen LogP contribution in [-0.4, -0.2) is 65.6 Å². The summed E-state index contributed by atoms with van der Waals surface area (Å²) in [6, 6.07) is 3.47. The number of aliphatic imine (C=N–C) groups is 1. The first-order valence-corrected chi connectivity index (χ1v) is 10.7. The van der Waals surface area contributed by atoms with Crippen LogP contribution >= 0.6 is 11.6 Å². The van der Waals surface area contributed by atoms with Gasteiger partial charge in [-0.25, -0.2) is 13.8 Å². The molecule has 1 aromatic rings. The van der Waals surface area contributed by atoms with E-state index in [4.69, 9.17) is 16.3 Å². The number of hydrogen-bond donors (Lipinski definition) is 0. The van der Waals surface area contributed by atoms with E-state index in [0.29, 0.717) is 24.7 Å². The average Bonchev–Trinajstić information content (AvgIpc) is 3.27. The summed E-state index contributed by atoms with van der Waals surface area (Å²) in [5.74, 6) is -2.25. The Labute approximate surface area is 178 Å². The maximum absolute atomic E-state index is 13.9. The van der Waals surface area contributed by atoms with Gasteiger partial charge in [0.25, 0.3) is 5.92 Å². The second kappa shape index (κ2) is 7.48. The van der Waals surface area contributed by atoms with Crippen LogP contribution in [-0.2, 0) is 4.79 Å². The van der Waals surface area contributed by atoms with E-state index >= 15 is 0 Å². The highest BCUT2D eigenvalue weighted by Crippen LogP contribution is 2.46. The SMILES string of the molecule is O=C1CN=CC(N2CC[C@@H](Oc3cc(N4C5CCC4CC(F)(F)C5)ccn3)C2)=C1Cl. The molecule has 1 aromatic heterocycles. The number of nitrogens with zero attached hydrogens (tertiary/aromatic N) is 4. The number of pyridine rings is 1. The van der Waals surface area contributed by atoms with E-state index in [9.17, 15) is 13.6 Å². The van der Waals surface area contributed by atoms with E-state index in [1.54, 1.807) is 12.4 Å². The summed E-state index contributed by atoms with van der Waals surface area (Å²) < 4.78 is 33.9. The van der Waals surface area contributed by atoms with Gasteiger partial charge in [-0.1, -0.05) is 11.6 Å². The molecule has 4 aliphatic rings. The summed E-state index contributed by atoms with van der Waals surface area (Å²) in [4.78, 5) is 24.3. The quantitative estimate of drug-likeness (QED) is 0.724. The summed E-state index contributed by atoms with van der Waals surface area (Å²) in [5, 5.41) is 0.225. The minimum Gasteiger partial charge on any atom is -0.472 e. The molecule has 6 nitrogen and oxygen atoms in total. The van der Waals surface area contributed by atoms with Crippen LogP contribution in [0.15, 0.2) is 34.1 Å². The van der Waals surface area contributed by atoms with E-state index in [2.05, 4.69) is 14.9 Å². The van der Waals surface area contributed by atoms with E-state index in [0.717, 1.165) is 24.9 Å². The molecule has 5 heterocycles. The monoisotopic (exact) mass is 436 g/mol. The third-order valence-corrected chi connectivity index (χ3v) is 6.80. The number of ketones is 1. The van der Waals surface area contributed by atoms with Gasteiger partial charge in [0.2, 0.25) is 5.88 Å². The highest BCUT2D eigenvalue weighted by molar-refractivity contribution is 6.44. The van der Waals surface area contributed by atoms with Gasteiger partial charge in [0, 0.05) is 62.1 Å². The molecule has 0 N–H and O–H groups in total. The van der Waals surface area contributed by atoms with Crippen molar-refractivity contribution < 1.29 is 18.3 Å². The maximum Gasteiger partial charge on any atom is 0.252 e. The average molecular weight is 437 g/mol. The molecule has 2 bridgehead atoms. The summed E-state index contributed by atoms with van der Waals surface area (Å²) in [6.45, 7) is 1.38. The number of allylic oxidation sites excluding steroid dienone is 1. The fourth-order valence-electron chi connectivity index (χ4n) is 5.10. The lowest BCUT2D eigenvalue weighted by Crippen LogP contribution is -2.47. The Morgan fingerprint density at radius 3 is 2.73 bits per heavy atom. The molecule has 3 atom stereocenters. The summed E-state index contributed by atoms with van der Waals surface area (Å²) in [6.07, 6.45) is 5.41. The van der Waals surface area contributed by atoms with Crippen molar-refractivity contribution in [3.63, 3.8) is 0 Å². The van der Waals surface area contributed by atoms with Crippen molar-refractivity contribution in [3.8, 4) is 5.88 Å². The van der Waals surface area contributed by atoms with Crippen LogP contribution in [0.5, 0.6) is 5.88 Å². The second-order valence-corrected chi connectivity index (χ2v) is 8.85. The second-order valence-electron chi connectivity index (χ2n) is 8.48. The lowest BCUT2D eigenvalue weighted by Gasteiger charge is -2.40. The van der Waals surface area contributed by atoms with Crippen LogP contribution < -0.4 is 9.64 Å². The Morgan fingerprint density at radius 2 is 1.97 bits per heavy atom. The van der Waals surface area contributed by atoms with Crippen molar-refractivity contribution in [3.05, 3.63) is 29.1 Å². The highest BCUT2D eigenvalue weighted by atomic mass is 35.5. The zero-order chi connectivity index (χ0) is 20.9. The molecule has 0 spiro atoms. The first-order valence-electron chi connectivity index (χ1n) is 10.4. The largest absolute Gasteiger partial charge is 0.472 e. The molecule has 0 saturated carbocycles. The van der Waals surface area contributed by atoms with Crippen LogP contribution in [0.2, 0.25) is 0 Å². The highest BCUT2D eigenvalue weighted by Gasteiger charge is 2.49. The standard InChI is InChI=1S/C21H23ClF2N4O2/c22-20-17(10-25-11-18(20)29)27-6-4-16(12-27)30-19-7-13(3-5-26-19)28-14-1-2-15(28)9-21(23,24)8-14/h3,5,7,10,14-16H,1-2,4,6,8-9,11-12H2/t14?,15?,16-/m1/s1. The number of ether oxygens (including phenoxy) is 1. The summed E-state index contributed by atoms with van der Waals surface area (Å²) in [5.41, 5.74) is 1.54. The number of hydrogen-bond acceptors (Lipinski definition) is 6. The number of dihydropyridines is 1. The topological polar surface area (TPSA) is 58.0 Å². The third kappa shape index (κ3) is 3.66. The van der Waals surface area contributed by atoms with Crippen molar-refractivity contribution in [1.82, 2.24) is 9.88 Å². The van der Waals surface area contributed by atoms with Crippen LogP contribution in [0.3, 0.4) is 0 Å². The van der Waals surface area contributed by atoms with Crippen molar-refractivity contribution in [2.24, 2.45) is 4.99 Å². The van der Waals surface area contributed by atoms with Crippen molar-refractivity contribution in [2.75, 3.05) is 24.5 Å². The molecule has 9 heteroatoms. The van der Waals surface area contributed by atoms with Crippen LogP contribution in [0.4, 0.5) is 14.5 Å². The van der Waals surface area contributed by atoms with E-state index in [1.165, 1.54) is 0 Å². The molecule has 160 valence electrons. The molecule has 2 unspecified atom stereocenters. The summed E-state index contributed by atoms with van der Waals surface area (Å²) in [7, 11) is 0. The molecule has 0 amide bonds. The number of likely N-dealkylation sites (tertiary alicyclic amines) is 1. The smallest absolute Gasteiger partial charge is 0.252 e. The molecule has 5 rings (SSSR count). The predicted octanol–water partition coefficient (Wildman–Crippen LogP) is 3.41. The molecule has 0 radical (unpaired) electrons. The molecule has 4 aliphatic heterocycles. The Morgan fingerprint density at radius 1 is 1.20 bits per heavy atom. The number of fused-ring (bicyclic) bond motifs is 2. The normalized spacial score (nSPS) is 30.4. The van der Waals surface area contributed by atoms with Crippen LogP contribution in [0.1, 0.15) is 32.1 Å². The molecule has 30 heavy (non-hydrogen) atoms. The van der Waals surface area contributed by atoms with Gasteiger partial charge in [-0.05, 0) is 18.9 Å². The van der Waals surface area contributed by atoms with E-state index < -0.39 is 5.92 Å². The van der Waals surface area contributed by atoms with Gasteiger partial charge in [0.15, 0.2) is 5.78 Å². The van der Waals surface area contributed by atoms with Crippen molar-refractivity contribution in [2.45, 2.75) is 56.2 Å². The molecular formula is C21H23ClF2N4O2. The number of aromatic nitrogens is 1. The Kier molecular flexibility index (Phi) is 4.92. The molecule has 0 aliphatic carbocycles. The number of halogens is 3. The van der Waals surface area contributed by atoms with Crippen LogP contribution in [0.25, 0.3) is 0 Å². The first-order chi connectivity index (χ1) is 14.4.